The molecule has 0 aromatic heterocycles. The lowest BCUT2D eigenvalue weighted by atomic mass is 10.1. The summed E-state index contributed by atoms with van der Waals surface area (Å²) >= 11 is 1.41. The Hall–Kier alpha value is -2.53. The second kappa shape index (κ2) is 7.36. The normalized spacial score (nSPS) is 12.2. The number of anilines is 1. The fourth-order valence-electron chi connectivity index (χ4n) is 2.65. The third-order valence-electron chi connectivity index (χ3n) is 3.73. The average Bonchev–Trinajstić information content (AvgIpc) is 2.60. The minimum absolute atomic E-state index is 0.0429. The molecule has 122 valence electrons. The quantitative estimate of drug-likeness (QED) is 0.804. The van der Waals surface area contributed by atoms with Crippen LogP contribution in [-0.2, 0) is 4.79 Å². The van der Waals surface area contributed by atoms with E-state index in [2.05, 4.69) is 35.6 Å². The molecule has 1 aliphatic rings. The van der Waals surface area contributed by atoms with Crippen LogP contribution in [0.2, 0.25) is 0 Å². The van der Waals surface area contributed by atoms with E-state index in [4.69, 9.17) is 0 Å². The molecule has 5 heteroatoms. The Morgan fingerprint density at radius 2 is 1.88 bits per heavy atom. The molecule has 1 amide bonds. The maximum absolute atomic E-state index is 12.3. The zero-order chi connectivity index (χ0) is 16.9. The molecule has 3 rings (SSSR count). The molecule has 2 aromatic carbocycles. The molecule has 2 aromatic rings. The summed E-state index contributed by atoms with van der Waals surface area (Å²) in [6.45, 7) is 8.42. The number of carbonyl (C=O) groups is 1. The summed E-state index contributed by atoms with van der Waals surface area (Å²) in [5, 5.41) is 6.34. The SMILES string of the molecule is C=CCN(CC=C)C(=O)CSC1=Nc2cccc3cccc(c23)N1. The molecule has 0 spiro atoms. The van der Waals surface area contributed by atoms with Gasteiger partial charge in [0.2, 0.25) is 5.91 Å². The number of thioether (sulfide) groups is 1. The number of rotatable bonds is 6. The predicted octanol–water partition coefficient (Wildman–Crippen LogP) is 4.19. The van der Waals surface area contributed by atoms with Crippen LogP contribution in [0.4, 0.5) is 11.4 Å². The van der Waals surface area contributed by atoms with Crippen LogP contribution < -0.4 is 5.32 Å². The summed E-state index contributed by atoms with van der Waals surface area (Å²) in [6.07, 6.45) is 3.44. The minimum Gasteiger partial charge on any atom is -0.335 e. The summed E-state index contributed by atoms with van der Waals surface area (Å²) in [5.74, 6) is 0.368. The predicted molar refractivity (Wildman–Crippen MR) is 104 cm³/mol. The van der Waals surface area contributed by atoms with Crippen LogP contribution in [-0.4, -0.2) is 34.8 Å². The number of amides is 1. The van der Waals surface area contributed by atoms with E-state index in [9.17, 15) is 4.79 Å². The molecule has 0 saturated heterocycles. The molecule has 1 aliphatic heterocycles. The van der Waals surface area contributed by atoms with Gasteiger partial charge in [0.25, 0.3) is 0 Å². The Bertz CT molecular complexity index is 813. The van der Waals surface area contributed by atoms with Crippen molar-refractivity contribution in [1.82, 2.24) is 4.90 Å². The van der Waals surface area contributed by atoms with Gasteiger partial charge in [0.1, 0.15) is 0 Å². The first-order chi connectivity index (χ1) is 11.7. The zero-order valence-electron chi connectivity index (χ0n) is 13.4. The molecule has 0 radical (unpaired) electrons. The molecule has 0 atom stereocenters. The lowest BCUT2D eigenvalue weighted by molar-refractivity contribution is -0.127. The van der Waals surface area contributed by atoms with Gasteiger partial charge in [-0.25, -0.2) is 4.99 Å². The highest BCUT2D eigenvalue weighted by molar-refractivity contribution is 8.14. The molecular formula is C19H19N3OS. The Balaban J connectivity index is 1.74. The fourth-order valence-corrected chi connectivity index (χ4v) is 3.44. The van der Waals surface area contributed by atoms with E-state index in [1.165, 1.54) is 11.8 Å². The molecule has 0 fully saturated rings. The zero-order valence-corrected chi connectivity index (χ0v) is 14.2. The molecule has 0 bridgehead atoms. The van der Waals surface area contributed by atoms with Crippen molar-refractivity contribution in [1.29, 1.82) is 0 Å². The monoisotopic (exact) mass is 337 g/mol. The molecule has 0 saturated carbocycles. The van der Waals surface area contributed by atoms with Crippen LogP contribution in [0.15, 0.2) is 66.7 Å². The number of hydrogen-bond donors (Lipinski definition) is 1. The lowest BCUT2D eigenvalue weighted by Crippen LogP contribution is -2.33. The van der Waals surface area contributed by atoms with Crippen LogP contribution in [0, 0.1) is 0 Å². The minimum atomic E-state index is 0.0429. The van der Waals surface area contributed by atoms with Gasteiger partial charge in [-0.3, -0.25) is 4.79 Å². The van der Waals surface area contributed by atoms with E-state index in [0.29, 0.717) is 18.8 Å². The van der Waals surface area contributed by atoms with Crippen LogP contribution in [0.25, 0.3) is 10.8 Å². The van der Waals surface area contributed by atoms with Crippen molar-refractivity contribution in [2.75, 3.05) is 24.2 Å². The molecule has 0 aliphatic carbocycles. The Morgan fingerprint density at radius 3 is 2.58 bits per heavy atom. The van der Waals surface area contributed by atoms with Gasteiger partial charge in [0.05, 0.1) is 17.1 Å². The van der Waals surface area contributed by atoms with E-state index in [1.807, 2.05) is 24.3 Å². The van der Waals surface area contributed by atoms with E-state index in [-0.39, 0.29) is 5.91 Å². The summed E-state index contributed by atoms with van der Waals surface area (Å²) in [5.41, 5.74) is 1.97. The van der Waals surface area contributed by atoms with Crippen molar-refractivity contribution in [2.45, 2.75) is 0 Å². The Morgan fingerprint density at radius 1 is 1.17 bits per heavy atom. The average molecular weight is 337 g/mol. The van der Waals surface area contributed by atoms with Gasteiger partial charge in [0.15, 0.2) is 5.17 Å². The second-order valence-corrected chi connectivity index (χ2v) is 6.35. The van der Waals surface area contributed by atoms with E-state index < -0.39 is 0 Å². The highest BCUT2D eigenvalue weighted by atomic mass is 32.2. The van der Waals surface area contributed by atoms with Crippen LogP contribution >= 0.6 is 11.8 Å². The largest absolute Gasteiger partial charge is 0.335 e. The molecule has 1 N–H and O–H groups in total. The number of nitrogens with one attached hydrogen (secondary N) is 1. The first-order valence-corrected chi connectivity index (χ1v) is 8.71. The van der Waals surface area contributed by atoms with Crippen LogP contribution in [0.1, 0.15) is 0 Å². The van der Waals surface area contributed by atoms with Gasteiger partial charge in [-0.05, 0) is 17.5 Å². The summed E-state index contributed by atoms with van der Waals surface area (Å²) in [6, 6.07) is 12.2. The molecular weight excluding hydrogens is 318 g/mol. The highest BCUT2D eigenvalue weighted by Crippen LogP contribution is 2.36. The third-order valence-corrected chi connectivity index (χ3v) is 4.59. The fraction of sp³-hybridized carbons (Fsp3) is 0.158. The van der Waals surface area contributed by atoms with Crippen molar-refractivity contribution < 1.29 is 4.79 Å². The van der Waals surface area contributed by atoms with E-state index in [0.717, 1.165) is 27.3 Å². The molecule has 4 nitrogen and oxygen atoms in total. The smallest absolute Gasteiger partial charge is 0.233 e. The summed E-state index contributed by atoms with van der Waals surface area (Å²) in [7, 11) is 0. The molecule has 0 unspecified atom stereocenters. The third kappa shape index (κ3) is 3.36. The van der Waals surface area contributed by atoms with E-state index >= 15 is 0 Å². The molecule has 1 heterocycles. The second-order valence-electron chi connectivity index (χ2n) is 5.39. The lowest BCUT2D eigenvalue weighted by Gasteiger charge is -2.21. The van der Waals surface area contributed by atoms with Gasteiger partial charge >= 0.3 is 0 Å². The first kappa shape index (κ1) is 16.3. The summed E-state index contributed by atoms with van der Waals surface area (Å²) in [4.78, 5) is 18.7. The van der Waals surface area contributed by atoms with Gasteiger partial charge in [0, 0.05) is 18.5 Å². The van der Waals surface area contributed by atoms with Crippen molar-refractivity contribution in [3.63, 3.8) is 0 Å². The van der Waals surface area contributed by atoms with Crippen molar-refractivity contribution in [3.05, 3.63) is 61.7 Å². The Kier molecular flexibility index (Phi) is 5.01. The Labute approximate surface area is 146 Å². The standard InChI is InChI=1S/C19H19N3OS/c1-3-11-22(12-4-2)17(23)13-24-19-20-15-9-5-7-14-8-6-10-16(21-19)18(14)15/h3-10H,1-2,11-13H2,(H,20,21). The number of nitrogens with zero attached hydrogens (tertiary/aromatic N) is 2. The number of carbonyl (C=O) groups excluding carboxylic acids is 1. The van der Waals surface area contributed by atoms with Crippen molar-refractivity contribution in [3.8, 4) is 0 Å². The van der Waals surface area contributed by atoms with Crippen LogP contribution in [0.3, 0.4) is 0 Å². The maximum Gasteiger partial charge on any atom is 0.233 e. The van der Waals surface area contributed by atoms with Gasteiger partial charge in [-0.15, -0.1) is 13.2 Å². The van der Waals surface area contributed by atoms with Gasteiger partial charge < -0.3 is 10.2 Å². The molecule has 24 heavy (non-hydrogen) atoms. The van der Waals surface area contributed by atoms with Crippen molar-refractivity contribution in [2.24, 2.45) is 4.99 Å². The summed E-state index contributed by atoms with van der Waals surface area (Å²) < 4.78 is 0. The number of aliphatic imine (C=N–C) groups is 1. The highest BCUT2D eigenvalue weighted by Gasteiger charge is 2.17. The number of benzene rings is 2. The first-order valence-electron chi connectivity index (χ1n) is 7.72. The number of amidine groups is 1. The topological polar surface area (TPSA) is 44.7 Å². The van der Waals surface area contributed by atoms with Crippen LogP contribution in [0.5, 0.6) is 0 Å². The van der Waals surface area contributed by atoms with E-state index in [1.54, 1.807) is 17.1 Å². The van der Waals surface area contributed by atoms with Gasteiger partial charge in [-0.1, -0.05) is 48.2 Å². The maximum atomic E-state index is 12.3. The van der Waals surface area contributed by atoms with Crippen molar-refractivity contribution >= 4 is 45.0 Å². The number of hydrogen-bond acceptors (Lipinski definition) is 4. The van der Waals surface area contributed by atoms with Gasteiger partial charge in [-0.2, -0.15) is 0 Å².